The monoisotopic (exact) mass is 319 g/mol. The molecule has 1 aromatic heterocycles. The highest BCUT2D eigenvalue weighted by atomic mass is 19.1. The summed E-state index contributed by atoms with van der Waals surface area (Å²) in [5.74, 6) is -0.734. The molecule has 0 aliphatic rings. The molecule has 3 aromatic carbocycles. The molecule has 0 fully saturated rings. The number of benzene rings is 3. The molecule has 4 heteroatoms. The predicted molar refractivity (Wildman–Crippen MR) is 92.8 cm³/mol. The highest BCUT2D eigenvalue weighted by Crippen LogP contribution is 2.28. The number of carbonyl (C=O) groups is 1. The first-order chi connectivity index (χ1) is 11.6. The molecule has 4 rings (SSSR count). The second-order valence-electron chi connectivity index (χ2n) is 5.69. The van der Waals surface area contributed by atoms with Crippen molar-refractivity contribution < 1.29 is 13.6 Å². The van der Waals surface area contributed by atoms with Crippen molar-refractivity contribution in [3.8, 4) is 0 Å². The number of hydrogen-bond donors (Lipinski definition) is 1. The van der Waals surface area contributed by atoms with Crippen LogP contribution in [-0.4, -0.2) is 5.91 Å². The molecule has 4 aromatic rings. The summed E-state index contributed by atoms with van der Waals surface area (Å²) in [4.78, 5) is 12.5. The van der Waals surface area contributed by atoms with Gasteiger partial charge in [-0.05, 0) is 35.9 Å². The zero-order valence-electron chi connectivity index (χ0n) is 13.0. The van der Waals surface area contributed by atoms with Crippen molar-refractivity contribution in [3.63, 3.8) is 0 Å². The van der Waals surface area contributed by atoms with Crippen LogP contribution in [0.5, 0.6) is 0 Å². The largest absolute Gasteiger partial charge is 0.448 e. The van der Waals surface area contributed by atoms with Crippen molar-refractivity contribution in [2.24, 2.45) is 0 Å². The number of aryl methyl sites for hydroxylation is 1. The highest BCUT2D eigenvalue weighted by Gasteiger charge is 2.19. The summed E-state index contributed by atoms with van der Waals surface area (Å²) >= 11 is 0. The number of rotatable bonds is 2. The minimum Gasteiger partial charge on any atom is -0.448 e. The highest BCUT2D eigenvalue weighted by molar-refractivity contribution is 6.07. The Kier molecular flexibility index (Phi) is 3.31. The van der Waals surface area contributed by atoms with Crippen molar-refractivity contribution in [2.45, 2.75) is 6.92 Å². The number of para-hydroxylation sites is 1. The zero-order chi connectivity index (χ0) is 16.7. The van der Waals surface area contributed by atoms with E-state index < -0.39 is 11.7 Å². The van der Waals surface area contributed by atoms with E-state index in [1.807, 2.05) is 42.5 Å². The van der Waals surface area contributed by atoms with Gasteiger partial charge in [0.05, 0.1) is 0 Å². The normalized spacial score (nSPS) is 11.1. The van der Waals surface area contributed by atoms with E-state index in [0.717, 1.165) is 10.8 Å². The van der Waals surface area contributed by atoms with E-state index >= 15 is 0 Å². The van der Waals surface area contributed by atoms with Crippen LogP contribution >= 0.6 is 0 Å². The van der Waals surface area contributed by atoms with Crippen LogP contribution < -0.4 is 5.32 Å². The third kappa shape index (κ3) is 2.33. The molecule has 0 saturated carbocycles. The lowest BCUT2D eigenvalue weighted by atomic mass is 10.1. The number of carbonyl (C=O) groups excluding carboxylic acids is 1. The van der Waals surface area contributed by atoms with E-state index in [1.54, 1.807) is 19.1 Å². The number of anilines is 1. The molecule has 0 spiro atoms. The molecule has 0 atom stereocenters. The van der Waals surface area contributed by atoms with Gasteiger partial charge >= 0.3 is 0 Å². The Hall–Kier alpha value is -3.14. The lowest BCUT2D eigenvalue weighted by Crippen LogP contribution is -2.12. The summed E-state index contributed by atoms with van der Waals surface area (Å²) in [5.41, 5.74) is 1.40. The lowest BCUT2D eigenvalue weighted by molar-refractivity contribution is 0.0997. The van der Waals surface area contributed by atoms with Gasteiger partial charge in [0.15, 0.2) is 17.2 Å². The average molecular weight is 319 g/mol. The average Bonchev–Trinajstić information content (AvgIpc) is 2.93. The van der Waals surface area contributed by atoms with E-state index in [2.05, 4.69) is 5.32 Å². The predicted octanol–water partition coefficient (Wildman–Crippen LogP) is 5.29. The molecule has 0 aliphatic carbocycles. The summed E-state index contributed by atoms with van der Waals surface area (Å²) in [6.45, 7) is 1.75. The van der Waals surface area contributed by atoms with Gasteiger partial charge in [0, 0.05) is 16.6 Å². The number of furan rings is 1. The Morgan fingerprint density at radius 1 is 1.00 bits per heavy atom. The zero-order valence-corrected chi connectivity index (χ0v) is 13.0. The second-order valence-corrected chi connectivity index (χ2v) is 5.69. The number of hydrogen-bond acceptors (Lipinski definition) is 2. The Morgan fingerprint density at radius 2 is 1.79 bits per heavy atom. The maximum absolute atomic E-state index is 13.8. The summed E-state index contributed by atoms with van der Waals surface area (Å²) in [6.07, 6.45) is 0. The Balaban J connectivity index is 1.70. The van der Waals surface area contributed by atoms with E-state index in [-0.39, 0.29) is 11.3 Å². The standard InChI is InChI=1S/C20H14FNO2/c1-12-16-7-4-8-17(21)19(16)24-18(12)20(23)22-15-10-9-13-5-2-3-6-14(13)11-15/h2-11H,1H3,(H,22,23). The summed E-state index contributed by atoms with van der Waals surface area (Å²) in [5, 5.41) is 5.55. The fraction of sp³-hybridized carbons (Fsp3) is 0.0500. The van der Waals surface area contributed by atoms with E-state index in [4.69, 9.17) is 4.42 Å². The van der Waals surface area contributed by atoms with Gasteiger partial charge in [0.2, 0.25) is 0 Å². The van der Waals surface area contributed by atoms with Gasteiger partial charge in [-0.3, -0.25) is 4.79 Å². The SMILES string of the molecule is Cc1c(C(=O)Nc2ccc3ccccc3c2)oc2c(F)cccc12. The number of amides is 1. The van der Waals surface area contributed by atoms with Crippen LogP contribution in [-0.2, 0) is 0 Å². The first kappa shape index (κ1) is 14.5. The Labute approximate surface area is 137 Å². The van der Waals surface area contributed by atoms with Crippen molar-refractivity contribution in [1.29, 1.82) is 0 Å². The van der Waals surface area contributed by atoms with Crippen LogP contribution in [0, 0.1) is 12.7 Å². The van der Waals surface area contributed by atoms with Crippen LogP contribution in [0.15, 0.2) is 65.1 Å². The van der Waals surface area contributed by atoms with E-state index in [9.17, 15) is 9.18 Å². The van der Waals surface area contributed by atoms with Gasteiger partial charge in [0.25, 0.3) is 5.91 Å². The van der Waals surface area contributed by atoms with Gasteiger partial charge in [0.1, 0.15) is 0 Å². The fourth-order valence-corrected chi connectivity index (χ4v) is 2.88. The molecular formula is C20H14FNO2. The van der Waals surface area contributed by atoms with Crippen LogP contribution in [0.2, 0.25) is 0 Å². The van der Waals surface area contributed by atoms with Crippen LogP contribution in [0.4, 0.5) is 10.1 Å². The quantitative estimate of drug-likeness (QED) is 0.546. The van der Waals surface area contributed by atoms with E-state index in [0.29, 0.717) is 16.6 Å². The third-order valence-corrected chi connectivity index (χ3v) is 4.13. The number of nitrogens with one attached hydrogen (secondary N) is 1. The topological polar surface area (TPSA) is 42.2 Å². The van der Waals surface area contributed by atoms with Crippen molar-refractivity contribution in [1.82, 2.24) is 0 Å². The second kappa shape index (κ2) is 5.49. The van der Waals surface area contributed by atoms with Gasteiger partial charge in [-0.15, -0.1) is 0 Å². The number of halogens is 1. The summed E-state index contributed by atoms with van der Waals surface area (Å²) in [6, 6.07) is 18.2. The first-order valence-corrected chi connectivity index (χ1v) is 7.61. The molecular weight excluding hydrogens is 305 g/mol. The van der Waals surface area contributed by atoms with Crippen molar-refractivity contribution >= 4 is 33.3 Å². The molecule has 24 heavy (non-hydrogen) atoms. The maximum Gasteiger partial charge on any atom is 0.291 e. The first-order valence-electron chi connectivity index (χ1n) is 7.61. The molecule has 0 unspecified atom stereocenters. The maximum atomic E-state index is 13.8. The van der Waals surface area contributed by atoms with Crippen molar-refractivity contribution in [3.05, 3.63) is 77.8 Å². The minimum atomic E-state index is -0.472. The molecule has 118 valence electrons. The third-order valence-electron chi connectivity index (χ3n) is 4.13. The van der Waals surface area contributed by atoms with E-state index in [1.165, 1.54) is 6.07 Å². The van der Waals surface area contributed by atoms with Crippen LogP contribution in [0.3, 0.4) is 0 Å². The number of fused-ring (bicyclic) bond motifs is 2. The Bertz CT molecular complexity index is 1080. The van der Waals surface area contributed by atoms with Gasteiger partial charge in [-0.2, -0.15) is 0 Å². The molecule has 0 bridgehead atoms. The van der Waals surface area contributed by atoms with Gasteiger partial charge in [-0.1, -0.05) is 42.5 Å². The molecule has 3 nitrogen and oxygen atoms in total. The minimum absolute atomic E-state index is 0.110. The molecule has 0 saturated heterocycles. The summed E-state index contributed by atoms with van der Waals surface area (Å²) < 4.78 is 19.3. The fourth-order valence-electron chi connectivity index (χ4n) is 2.88. The lowest BCUT2D eigenvalue weighted by Gasteiger charge is -2.05. The van der Waals surface area contributed by atoms with Crippen LogP contribution in [0.1, 0.15) is 16.1 Å². The molecule has 1 N–H and O–H groups in total. The van der Waals surface area contributed by atoms with Crippen LogP contribution in [0.25, 0.3) is 21.7 Å². The molecule has 1 amide bonds. The molecule has 0 radical (unpaired) electrons. The smallest absolute Gasteiger partial charge is 0.291 e. The van der Waals surface area contributed by atoms with Gasteiger partial charge < -0.3 is 9.73 Å². The summed E-state index contributed by atoms with van der Waals surface area (Å²) in [7, 11) is 0. The van der Waals surface area contributed by atoms with Gasteiger partial charge in [-0.25, -0.2) is 4.39 Å². The molecule has 0 aliphatic heterocycles. The molecule has 1 heterocycles. The van der Waals surface area contributed by atoms with Crippen molar-refractivity contribution in [2.75, 3.05) is 5.32 Å². The Morgan fingerprint density at radius 3 is 2.58 bits per heavy atom.